The molecule has 0 saturated heterocycles. The third-order valence-corrected chi connectivity index (χ3v) is 6.42. The molecule has 1 atom stereocenters. The highest BCUT2D eigenvalue weighted by atomic mass is 32.1. The average Bonchev–Trinajstić information content (AvgIpc) is 3.42. The first-order chi connectivity index (χ1) is 16.5. The van der Waals surface area contributed by atoms with Crippen molar-refractivity contribution < 1.29 is 23.8 Å². The molecule has 0 aliphatic rings. The number of rotatable bonds is 8. The zero-order chi connectivity index (χ0) is 24.1. The van der Waals surface area contributed by atoms with E-state index in [0.717, 1.165) is 10.4 Å². The second-order valence-corrected chi connectivity index (χ2v) is 8.44. The number of fused-ring (bicyclic) bond motifs is 1. The van der Waals surface area contributed by atoms with E-state index in [4.69, 9.17) is 19.2 Å². The smallest absolute Gasteiger partial charge is 0.307 e. The number of thiophene rings is 1. The molecule has 0 spiro atoms. The summed E-state index contributed by atoms with van der Waals surface area (Å²) in [5.74, 6) is 0.468. The summed E-state index contributed by atoms with van der Waals surface area (Å²) in [5.41, 5.74) is 2.54. The van der Waals surface area contributed by atoms with Gasteiger partial charge in [0.2, 0.25) is 0 Å². The first kappa shape index (κ1) is 23.3. The standard InChI is InChI=1S/C26H24N2O5S/c1-31-22-11-10-16(13-23(22)32-2)20-14-18(17-7-4-5-8-19(17)27-20)26(30)28-21(15-25(29)33-3)24-9-6-12-34-24/h4-14,21H,15H2,1-3H3,(H,28,30)/t21-/m0/s1. The molecule has 34 heavy (non-hydrogen) atoms. The van der Waals surface area contributed by atoms with Crippen LogP contribution in [-0.4, -0.2) is 38.2 Å². The summed E-state index contributed by atoms with van der Waals surface area (Å²) in [6.07, 6.45) is 0.0360. The Hall–Kier alpha value is -3.91. The molecule has 2 heterocycles. The van der Waals surface area contributed by atoms with E-state index >= 15 is 0 Å². The highest BCUT2D eigenvalue weighted by Gasteiger charge is 2.22. The fourth-order valence-corrected chi connectivity index (χ4v) is 4.48. The number of hydrogen-bond acceptors (Lipinski definition) is 7. The van der Waals surface area contributed by atoms with Gasteiger partial charge in [-0.2, -0.15) is 0 Å². The Balaban J connectivity index is 1.76. The van der Waals surface area contributed by atoms with Gasteiger partial charge in [-0.3, -0.25) is 9.59 Å². The third kappa shape index (κ3) is 4.87. The van der Waals surface area contributed by atoms with Gasteiger partial charge in [-0.15, -0.1) is 11.3 Å². The number of ether oxygens (including phenoxy) is 3. The van der Waals surface area contributed by atoms with Crippen LogP contribution < -0.4 is 14.8 Å². The van der Waals surface area contributed by atoms with Crippen LogP contribution in [0.2, 0.25) is 0 Å². The molecule has 2 aromatic heterocycles. The second kappa shape index (κ2) is 10.4. The topological polar surface area (TPSA) is 86.8 Å². The SMILES string of the molecule is COC(=O)C[C@H](NC(=O)c1cc(-c2ccc(OC)c(OC)c2)nc2ccccc12)c1cccs1. The van der Waals surface area contributed by atoms with Gasteiger partial charge in [0.25, 0.3) is 5.91 Å². The molecule has 4 rings (SSSR count). The first-order valence-electron chi connectivity index (χ1n) is 10.6. The van der Waals surface area contributed by atoms with Crippen molar-refractivity contribution in [1.82, 2.24) is 10.3 Å². The predicted octanol–water partition coefficient (Wildman–Crippen LogP) is 5.01. The van der Waals surface area contributed by atoms with Crippen molar-refractivity contribution >= 4 is 34.1 Å². The summed E-state index contributed by atoms with van der Waals surface area (Å²) in [7, 11) is 4.48. The summed E-state index contributed by atoms with van der Waals surface area (Å²) < 4.78 is 15.6. The lowest BCUT2D eigenvalue weighted by molar-refractivity contribution is -0.141. The number of carbonyl (C=O) groups excluding carboxylic acids is 2. The van der Waals surface area contributed by atoms with E-state index in [9.17, 15) is 9.59 Å². The third-order valence-electron chi connectivity index (χ3n) is 5.43. The van der Waals surface area contributed by atoms with E-state index in [1.54, 1.807) is 26.4 Å². The number of hydrogen-bond donors (Lipinski definition) is 1. The Kier molecular flexibility index (Phi) is 7.08. The number of para-hydroxylation sites is 1. The van der Waals surface area contributed by atoms with Crippen LogP contribution in [0.5, 0.6) is 11.5 Å². The van der Waals surface area contributed by atoms with E-state index in [1.165, 1.54) is 18.4 Å². The molecule has 4 aromatic rings. The van der Waals surface area contributed by atoms with Gasteiger partial charge in [0.1, 0.15) is 0 Å². The Morgan fingerprint density at radius 1 is 0.971 bits per heavy atom. The number of carbonyl (C=O) groups is 2. The van der Waals surface area contributed by atoms with Crippen LogP contribution >= 0.6 is 11.3 Å². The van der Waals surface area contributed by atoms with Gasteiger partial charge in [-0.1, -0.05) is 24.3 Å². The molecule has 0 radical (unpaired) electrons. The molecule has 0 unspecified atom stereocenters. The van der Waals surface area contributed by atoms with Crippen LogP contribution in [0.15, 0.2) is 66.0 Å². The lowest BCUT2D eigenvalue weighted by atomic mass is 10.0. The number of amides is 1. The number of pyridine rings is 1. The summed E-state index contributed by atoms with van der Waals surface area (Å²) in [6, 6.07) is 18.0. The van der Waals surface area contributed by atoms with Crippen molar-refractivity contribution in [2.45, 2.75) is 12.5 Å². The maximum atomic E-state index is 13.5. The zero-order valence-corrected chi connectivity index (χ0v) is 19.8. The van der Waals surface area contributed by atoms with Crippen LogP contribution in [-0.2, 0) is 9.53 Å². The van der Waals surface area contributed by atoms with E-state index in [0.29, 0.717) is 33.7 Å². The molecule has 0 aliphatic heterocycles. The average molecular weight is 477 g/mol. The number of methoxy groups -OCH3 is 3. The molecule has 0 fully saturated rings. The van der Waals surface area contributed by atoms with Crippen molar-refractivity contribution in [1.29, 1.82) is 0 Å². The fourth-order valence-electron chi connectivity index (χ4n) is 3.70. The molecule has 2 aromatic carbocycles. The number of esters is 1. The highest BCUT2D eigenvalue weighted by Crippen LogP contribution is 2.33. The number of nitrogens with one attached hydrogen (secondary N) is 1. The second-order valence-electron chi connectivity index (χ2n) is 7.46. The minimum Gasteiger partial charge on any atom is -0.493 e. The number of nitrogens with zero attached hydrogens (tertiary/aromatic N) is 1. The van der Waals surface area contributed by atoms with Crippen molar-refractivity contribution in [2.24, 2.45) is 0 Å². The van der Waals surface area contributed by atoms with Crippen LogP contribution in [0, 0.1) is 0 Å². The van der Waals surface area contributed by atoms with E-state index in [-0.39, 0.29) is 12.3 Å². The van der Waals surface area contributed by atoms with Crippen molar-refractivity contribution in [2.75, 3.05) is 21.3 Å². The van der Waals surface area contributed by atoms with Gasteiger partial charge in [-0.05, 0) is 41.8 Å². The minimum absolute atomic E-state index is 0.0360. The van der Waals surface area contributed by atoms with Crippen molar-refractivity contribution in [3.05, 3.63) is 76.5 Å². The van der Waals surface area contributed by atoms with Gasteiger partial charge in [0, 0.05) is 15.8 Å². The van der Waals surface area contributed by atoms with E-state index in [2.05, 4.69) is 5.32 Å². The van der Waals surface area contributed by atoms with E-state index in [1.807, 2.05) is 53.9 Å². The summed E-state index contributed by atoms with van der Waals surface area (Å²) in [4.78, 5) is 31.1. The van der Waals surface area contributed by atoms with Gasteiger partial charge in [0.15, 0.2) is 11.5 Å². The summed E-state index contributed by atoms with van der Waals surface area (Å²) in [6.45, 7) is 0. The van der Waals surface area contributed by atoms with Crippen LogP contribution in [0.1, 0.15) is 27.7 Å². The predicted molar refractivity (Wildman–Crippen MR) is 131 cm³/mol. The lowest BCUT2D eigenvalue weighted by Gasteiger charge is -2.18. The first-order valence-corrected chi connectivity index (χ1v) is 11.4. The maximum Gasteiger partial charge on any atom is 0.307 e. The van der Waals surface area contributed by atoms with Crippen LogP contribution in [0.25, 0.3) is 22.2 Å². The maximum absolute atomic E-state index is 13.5. The van der Waals surface area contributed by atoms with Gasteiger partial charge in [-0.25, -0.2) is 4.98 Å². The molecule has 1 N–H and O–H groups in total. The van der Waals surface area contributed by atoms with Gasteiger partial charge in [0.05, 0.1) is 50.6 Å². The molecule has 8 heteroatoms. The monoisotopic (exact) mass is 476 g/mol. The molecule has 0 saturated carbocycles. The lowest BCUT2D eigenvalue weighted by Crippen LogP contribution is -2.30. The van der Waals surface area contributed by atoms with Crippen LogP contribution in [0.3, 0.4) is 0 Å². The molecule has 7 nitrogen and oxygen atoms in total. The van der Waals surface area contributed by atoms with Crippen molar-refractivity contribution in [3.8, 4) is 22.8 Å². The molecule has 0 aliphatic carbocycles. The Labute approximate surface area is 201 Å². The summed E-state index contributed by atoms with van der Waals surface area (Å²) in [5, 5.41) is 5.63. The Bertz CT molecular complexity index is 1320. The minimum atomic E-state index is -0.503. The number of benzene rings is 2. The largest absolute Gasteiger partial charge is 0.493 e. The van der Waals surface area contributed by atoms with Crippen LogP contribution in [0.4, 0.5) is 0 Å². The quantitative estimate of drug-likeness (QED) is 0.360. The molecule has 0 bridgehead atoms. The zero-order valence-electron chi connectivity index (χ0n) is 19.0. The molecular formula is C26H24N2O5S. The molecule has 1 amide bonds. The van der Waals surface area contributed by atoms with E-state index < -0.39 is 12.0 Å². The summed E-state index contributed by atoms with van der Waals surface area (Å²) >= 11 is 1.47. The molecular weight excluding hydrogens is 452 g/mol. The Morgan fingerprint density at radius 2 is 1.76 bits per heavy atom. The van der Waals surface area contributed by atoms with Gasteiger partial charge >= 0.3 is 5.97 Å². The highest BCUT2D eigenvalue weighted by molar-refractivity contribution is 7.10. The normalized spacial score (nSPS) is 11.6. The number of aromatic nitrogens is 1. The Morgan fingerprint density at radius 3 is 2.47 bits per heavy atom. The fraction of sp³-hybridized carbons (Fsp3) is 0.192. The van der Waals surface area contributed by atoms with Crippen molar-refractivity contribution in [3.63, 3.8) is 0 Å². The molecule has 174 valence electrons. The van der Waals surface area contributed by atoms with Gasteiger partial charge < -0.3 is 19.5 Å².